The molecule has 0 saturated heterocycles. The van der Waals surface area contributed by atoms with Crippen molar-refractivity contribution < 1.29 is 24.1 Å². The lowest BCUT2D eigenvalue weighted by Crippen LogP contribution is -2.32. The van der Waals surface area contributed by atoms with Crippen LogP contribution < -0.4 is 4.74 Å². The van der Waals surface area contributed by atoms with Crippen LogP contribution in [-0.2, 0) is 46.4 Å². The molecule has 1 rings (SSSR count). The highest BCUT2D eigenvalue weighted by atomic mass is 16.7. The van der Waals surface area contributed by atoms with Gasteiger partial charge in [-0.1, -0.05) is 259 Å². The summed E-state index contributed by atoms with van der Waals surface area (Å²) >= 11 is 0. The maximum absolute atomic E-state index is 13.1. The average molecular weight is 942 g/mol. The van der Waals surface area contributed by atoms with E-state index >= 15 is 0 Å². The molecule has 0 heterocycles. The van der Waals surface area contributed by atoms with Gasteiger partial charge in [-0.05, 0) is 98.9 Å². The van der Waals surface area contributed by atoms with Crippen molar-refractivity contribution in [3.63, 3.8) is 0 Å². The van der Waals surface area contributed by atoms with Gasteiger partial charge in [0.05, 0.1) is 13.2 Å². The minimum Gasteiger partial charge on any atom is -0.477 e. The SMILES string of the molecule is CCCCCCCCCCc1c(CCCCCCCCCC)c(CCCCCCCCCC)c(OC(OCCOCC)C(=O)O)c(CCCCCCCCCC)c1CCCCCCCCCC. The number of rotatable bonds is 53. The Bertz CT molecular complexity index is 1160. The molecule has 0 aliphatic heterocycles. The Hall–Kier alpha value is -1.59. The van der Waals surface area contributed by atoms with Crippen LogP contribution >= 0.6 is 0 Å². The summed E-state index contributed by atoms with van der Waals surface area (Å²) < 4.78 is 18.7. The van der Waals surface area contributed by atoms with E-state index in [0.717, 1.165) is 50.7 Å². The van der Waals surface area contributed by atoms with Gasteiger partial charge in [-0.25, -0.2) is 4.79 Å². The number of hydrogen-bond donors (Lipinski definition) is 1. The quantitative estimate of drug-likeness (QED) is 0.0521. The molecule has 1 aromatic carbocycles. The van der Waals surface area contributed by atoms with E-state index in [-0.39, 0.29) is 6.61 Å². The Morgan fingerprint density at radius 1 is 0.343 bits per heavy atom. The number of ether oxygens (including phenoxy) is 3. The lowest BCUT2D eigenvalue weighted by Gasteiger charge is -2.29. The van der Waals surface area contributed by atoms with Gasteiger partial charge >= 0.3 is 5.97 Å². The molecule has 67 heavy (non-hydrogen) atoms. The Balaban J connectivity index is 3.91. The lowest BCUT2D eigenvalue weighted by atomic mass is 9.80. The first-order valence-corrected chi connectivity index (χ1v) is 30.3. The van der Waals surface area contributed by atoms with Crippen LogP contribution in [0.25, 0.3) is 0 Å². The highest BCUT2D eigenvalue weighted by molar-refractivity contribution is 5.71. The van der Waals surface area contributed by atoms with E-state index in [1.165, 1.54) is 255 Å². The van der Waals surface area contributed by atoms with Crippen molar-refractivity contribution in [2.24, 2.45) is 0 Å². The summed E-state index contributed by atoms with van der Waals surface area (Å²) in [6.45, 7) is 14.7. The molecule has 0 aliphatic rings. The van der Waals surface area contributed by atoms with Gasteiger partial charge in [0.2, 0.25) is 0 Å². The van der Waals surface area contributed by atoms with Crippen LogP contribution in [0.4, 0.5) is 0 Å². The molecule has 0 amide bonds. The first-order chi connectivity index (χ1) is 33.0. The zero-order valence-electron chi connectivity index (χ0n) is 46.1. The highest BCUT2D eigenvalue weighted by Crippen LogP contribution is 2.41. The van der Waals surface area contributed by atoms with E-state index < -0.39 is 12.3 Å². The molecule has 1 N–H and O–H groups in total. The topological polar surface area (TPSA) is 65.0 Å². The Morgan fingerprint density at radius 2 is 0.582 bits per heavy atom. The first kappa shape index (κ1) is 63.4. The largest absolute Gasteiger partial charge is 0.477 e. The summed E-state index contributed by atoms with van der Waals surface area (Å²) in [4.78, 5) is 13.1. The number of unbranched alkanes of at least 4 members (excludes halogenated alkanes) is 35. The molecule has 0 aliphatic carbocycles. The van der Waals surface area contributed by atoms with E-state index in [0.29, 0.717) is 13.2 Å². The molecule has 0 bridgehead atoms. The van der Waals surface area contributed by atoms with Crippen LogP contribution in [0.3, 0.4) is 0 Å². The van der Waals surface area contributed by atoms with Crippen molar-refractivity contribution in [1.29, 1.82) is 0 Å². The van der Waals surface area contributed by atoms with Gasteiger partial charge in [0.25, 0.3) is 6.29 Å². The van der Waals surface area contributed by atoms with Gasteiger partial charge in [-0.3, -0.25) is 0 Å². The molecule has 5 heteroatoms. The zero-order valence-corrected chi connectivity index (χ0v) is 46.1. The maximum Gasteiger partial charge on any atom is 0.373 e. The van der Waals surface area contributed by atoms with Crippen LogP contribution in [0.5, 0.6) is 5.75 Å². The van der Waals surface area contributed by atoms with Crippen LogP contribution in [0, 0.1) is 0 Å². The summed E-state index contributed by atoms with van der Waals surface area (Å²) in [5.41, 5.74) is 7.42. The number of carbonyl (C=O) groups is 1. The zero-order chi connectivity index (χ0) is 48.7. The molecular weight excluding hydrogens is 825 g/mol. The third-order valence-corrected chi connectivity index (χ3v) is 14.5. The number of benzene rings is 1. The van der Waals surface area contributed by atoms with Crippen molar-refractivity contribution in [2.75, 3.05) is 19.8 Å². The fourth-order valence-electron chi connectivity index (χ4n) is 10.4. The summed E-state index contributed by atoms with van der Waals surface area (Å²) in [5.74, 6) is -0.136. The molecule has 0 aromatic heterocycles. The van der Waals surface area contributed by atoms with E-state index in [2.05, 4.69) is 34.6 Å². The van der Waals surface area contributed by atoms with Crippen LogP contribution in [0.15, 0.2) is 0 Å². The van der Waals surface area contributed by atoms with Crippen molar-refractivity contribution in [3.8, 4) is 5.75 Å². The summed E-state index contributed by atoms with van der Waals surface area (Å²) in [6, 6.07) is 0. The third kappa shape index (κ3) is 33.6. The molecule has 0 fully saturated rings. The molecule has 1 aromatic rings. The minimum absolute atomic E-state index is 0.207. The predicted molar refractivity (Wildman–Crippen MR) is 293 cm³/mol. The number of aliphatic carboxylic acids is 1. The molecule has 1 unspecified atom stereocenters. The fourth-order valence-corrected chi connectivity index (χ4v) is 10.4. The number of hydrogen-bond acceptors (Lipinski definition) is 4. The summed E-state index contributed by atoms with van der Waals surface area (Å²) in [5, 5.41) is 10.7. The van der Waals surface area contributed by atoms with Crippen LogP contribution in [-0.4, -0.2) is 37.2 Å². The van der Waals surface area contributed by atoms with E-state index in [1.807, 2.05) is 6.92 Å². The van der Waals surface area contributed by atoms with Gasteiger partial charge in [0.1, 0.15) is 5.75 Å². The molecular formula is C62H116O5. The van der Waals surface area contributed by atoms with E-state index in [4.69, 9.17) is 14.2 Å². The number of carboxylic acids is 1. The summed E-state index contributed by atoms with van der Waals surface area (Å²) in [6.07, 6.45) is 56.0. The Morgan fingerprint density at radius 3 is 0.836 bits per heavy atom. The van der Waals surface area contributed by atoms with Gasteiger partial charge < -0.3 is 19.3 Å². The normalized spacial score (nSPS) is 12.1. The van der Waals surface area contributed by atoms with E-state index in [1.54, 1.807) is 16.7 Å². The second kappa shape index (κ2) is 48.1. The monoisotopic (exact) mass is 941 g/mol. The molecule has 394 valence electrons. The van der Waals surface area contributed by atoms with E-state index in [9.17, 15) is 9.90 Å². The van der Waals surface area contributed by atoms with Gasteiger partial charge in [0.15, 0.2) is 0 Å². The van der Waals surface area contributed by atoms with Crippen molar-refractivity contribution in [3.05, 3.63) is 27.8 Å². The molecule has 1 atom stereocenters. The van der Waals surface area contributed by atoms with Gasteiger partial charge in [-0.2, -0.15) is 0 Å². The first-order valence-electron chi connectivity index (χ1n) is 30.3. The fraction of sp³-hybridized carbons (Fsp3) is 0.887. The lowest BCUT2D eigenvalue weighted by molar-refractivity contribution is -0.173. The van der Waals surface area contributed by atoms with Gasteiger partial charge in [0, 0.05) is 6.61 Å². The highest BCUT2D eigenvalue weighted by Gasteiger charge is 2.29. The molecule has 0 radical (unpaired) electrons. The molecule has 0 saturated carbocycles. The van der Waals surface area contributed by atoms with Crippen molar-refractivity contribution in [1.82, 2.24) is 0 Å². The predicted octanol–water partition coefficient (Wildman–Crippen LogP) is 19.9. The Kier molecular flexibility index (Phi) is 45.5. The second-order valence-electron chi connectivity index (χ2n) is 20.7. The third-order valence-electron chi connectivity index (χ3n) is 14.5. The van der Waals surface area contributed by atoms with Gasteiger partial charge in [-0.15, -0.1) is 0 Å². The van der Waals surface area contributed by atoms with Crippen molar-refractivity contribution >= 4 is 5.97 Å². The summed E-state index contributed by atoms with van der Waals surface area (Å²) in [7, 11) is 0. The maximum atomic E-state index is 13.1. The average Bonchev–Trinajstić information content (AvgIpc) is 3.32. The van der Waals surface area contributed by atoms with Crippen LogP contribution in [0.1, 0.15) is 326 Å². The Labute approximate surface area is 418 Å². The minimum atomic E-state index is -1.35. The smallest absolute Gasteiger partial charge is 0.373 e. The standard InChI is InChI=1S/C62H116O5/c1-7-13-18-23-28-33-38-43-48-55-56(49-44-39-34-29-24-19-14-8-2)58(51-46-41-36-31-26-21-16-10-4)60(67-62(61(63)64)66-54-53-65-12-6)59(52-47-42-37-32-27-22-17-11-5)57(55)50-45-40-35-30-25-20-15-9-3/h62H,7-54H2,1-6H3,(H,63,64). The second-order valence-corrected chi connectivity index (χ2v) is 20.7. The molecule has 5 nitrogen and oxygen atoms in total. The van der Waals surface area contributed by atoms with Crippen molar-refractivity contribution in [2.45, 2.75) is 337 Å². The number of carboxylic acid groups (broad SMARTS) is 1. The molecule has 0 spiro atoms. The van der Waals surface area contributed by atoms with Crippen LogP contribution in [0.2, 0.25) is 0 Å².